The third-order valence-electron chi connectivity index (χ3n) is 4.02. The predicted molar refractivity (Wildman–Crippen MR) is 102 cm³/mol. The van der Waals surface area contributed by atoms with Gasteiger partial charge in [0.2, 0.25) is 5.91 Å². The number of hydrogen-bond donors (Lipinski definition) is 1. The van der Waals surface area contributed by atoms with Crippen molar-refractivity contribution >= 4 is 28.6 Å². The monoisotopic (exact) mass is 353 g/mol. The van der Waals surface area contributed by atoms with E-state index < -0.39 is 0 Å². The minimum Gasteiger partial charge on any atom is -0.358 e. The van der Waals surface area contributed by atoms with E-state index in [1.54, 1.807) is 17.7 Å². The van der Waals surface area contributed by atoms with Gasteiger partial charge in [0.1, 0.15) is 0 Å². The number of amides is 1. The summed E-state index contributed by atoms with van der Waals surface area (Å²) in [7, 11) is 1.59. The second-order valence-electron chi connectivity index (χ2n) is 5.75. The number of fused-ring (bicyclic) bond motifs is 1. The van der Waals surface area contributed by atoms with Crippen LogP contribution in [0.25, 0.3) is 16.6 Å². The molecule has 0 spiro atoms. The van der Waals surface area contributed by atoms with E-state index in [2.05, 4.69) is 10.3 Å². The first-order chi connectivity index (χ1) is 12.0. The molecule has 0 radical (unpaired) electrons. The van der Waals surface area contributed by atoms with Crippen molar-refractivity contribution in [3.63, 3.8) is 0 Å². The first-order valence-corrected chi connectivity index (χ1v) is 8.93. The maximum absolute atomic E-state index is 13.2. The molecule has 0 aliphatic carbocycles. The molecule has 5 nitrogen and oxygen atoms in total. The van der Waals surface area contributed by atoms with Crippen LogP contribution < -0.4 is 10.9 Å². The molecule has 6 heteroatoms. The molecule has 1 heterocycles. The summed E-state index contributed by atoms with van der Waals surface area (Å²) in [6, 6.07) is 13.2. The molecule has 128 valence electrons. The fourth-order valence-corrected chi connectivity index (χ4v) is 3.64. The maximum atomic E-state index is 13.2. The van der Waals surface area contributed by atoms with Crippen LogP contribution in [-0.2, 0) is 4.79 Å². The number of aromatic nitrogens is 2. The number of benzene rings is 2. The van der Waals surface area contributed by atoms with Crippen molar-refractivity contribution in [2.45, 2.75) is 19.0 Å². The normalized spacial score (nSPS) is 10.8. The summed E-state index contributed by atoms with van der Waals surface area (Å²) < 4.78 is 1.63. The van der Waals surface area contributed by atoms with Gasteiger partial charge in [0, 0.05) is 7.05 Å². The summed E-state index contributed by atoms with van der Waals surface area (Å²) in [5, 5.41) is 3.68. The van der Waals surface area contributed by atoms with Gasteiger partial charge in [-0.25, -0.2) is 4.98 Å². The number of nitrogens with zero attached hydrogens (tertiary/aromatic N) is 2. The smallest absolute Gasteiger partial charge is 0.266 e. The van der Waals surface area contributed by atoms with Crippen LogP contribution in [0, 0.1) is 13.8 Å². The minimum absolute atomic E-state index is 0.111. The Bertz CT molecular complexity index is 991. The molecule has 2 aromatic carbocycles. The van der Waals surface area contributed by atoms with E-state index in [-0.39, 0.29) is 17.2 Å². The van der Waals surface area contributed by atoms with Crippen LogP contribution in [0.3, 0.4) is 0 Å². The quantitative estimate of drug-likeness (QED) is 0.579. The number of thioether (sulfide) groups is 1. The summed E-state index contributed by atoms with van der Waals surface area (Å²) in [5.74, 6) is 0.0899. The number of carbonyl (C=O) groups excluding carboxylic acids is 1. The largest absolute Gasteiger partial charge is 0.358 e. The summed E-state index contributed by atoms with van der Waals surface area (Å²) in [6.07, 6.45) is 0. The number of aryl methyl sites for hydroxylation is 2. The molecular weight excluding hydrogens is 334 g/mol. The highest BCUT2D eigenvalue weighted by Gasteiger charge is 2.17. The minimum atomic E-state index is -0.123. The number of rotatable bonds is 4. The Balaban J connectivity index is 2.29. The zero-order chi connectivity index (χ0) is 18.0. The van der Waals surface area contributed by atoms with Gasteiger partial charge in [0.15, 0.2) is 5.16 Å². The lowest BCUT2D eigenvalue weighted by Gasteiger charge is -2.17. The van der Waals surface area contributed by atoms with E-state index in [4.69, 9.17) is 0 Å². The Morgan fingerprint density at radius 1 is 1.12 bits per heavy atom. The average molecular weight is 353 g/mol. The Hall–Kier alpha value is -2.60. The Morgan fingerprint density at radius 2 is 1.80 bits per heavy atom. The Kier molecular flexibility index (Phi) is 4.90. The molecule has 1 N–H and O–H groups in total. The molecule has 1 amide bonds. The Morgan fingerprint density at radius 3 is 2.48 bits per heavy atom. The van der Waals surface area contributed by atoms with Gasteiger partial charge in [0.25, 0.3) is 5.56 Å². The van der Waals surface area contributed by atoms with Crippen LogP contribution in [0.5, 0.6) is 0 Å². The van der Waals surface area contributed by atoms with E-state index in [1.807, 2.05) is 50.2 Å². The summed E-state index contributed by atoms with van der Waals surface area (Å²) >= 11 is 1.26. The zero-order valence-electron chi connectivity index (χ0n) is 14.4. The molecule has 0 unspecified atom stereocenters. The Labute approximate surface area is 150 Å². The van der Waals surface area contributed by atoms with Gasteiger partial charge in [-0.05, 0) is 37.1 Å². The van der Waals surface area contributed by atoms with E-state index in [0.717, 1.165) is 16.8 Å². The SMILES string of the molecule is CNC(=O)CSc1nc2ccccc2c(=O)n1-c1c(C)cccc1C. The average Bonchev–Trinajstić information content (AvgIpc) is 2.61. The van der Waals surface area contributed by atoms with Gasteiger partial charge in [-0.15, -0.1) is 0 Å². The topological polar surface area (TPSA) is 64.0 Å². The molecule has 1 aromatic heterocycles. The molecule has 25 heavy (non-hydrogen) atoms. The van der Waals surface area contributed by atoms with E-state index in [1.165, 1.54) is 11.8 Å². The summed E-state index contributed by atoms with van der Waals surface area (Å²) in [5.41, 5.74) is 3.31. The molecule has 3 rings (SSSR count). The van der Waals surface area contributed by atoms with Gasteiger partial charge < -0.3 is 5.32 Å². The van der Waals surface area contributed by atoms with Gasteiger partial charge in [-0.1, -0.05) is 42.1 Å². The van der Waals surface area contributed by atoms with Crippen LogP contribution in [0.4, 0.5) is 0 Å². The molecule has 0 bridgehead atoms. The molecule has 0 aliphatic heterocycles. The van der Waals surface area contributed by atoms with Crippen molar-refractivity contribution in [2.75, 3.05) is 12.8 Å². The third kappa shape index (κ3) is 3.30. The van der Waals surface area contributed by atoms with Gasteiger partial charge in [-0.2, -0.15) is 0 Å². The van der Waals surface area contributed by atoms with E-state index in [0.29, 0.717) is 16.1 Å². The first-order valence-electron chi connectivity index (χ1n) is 7.94. The van der Waals surface area contributed by atoms with Gasteiger partial charge >= 0.3 is 0 Å². The first kappa shape index (κ1) is 17.2. The molecule has 0 fully saturated rings. The van der Waals surface area contributed by atoms with Crippen molar-refractivity contribution in [3.8, 4) is 5.69 Å². The fourth-order valence-electron chi connectivity index (χ4n) is 2.77. The van der Waals surface area contributed by atoms with Crippen LogP contribution in [0.15, 0.2) is 52.4 Å². The van der Waals surface area contributed by atoms with Crippen LogP contribution in [-0.4, -0.2) is 28.3 Å². The molecule has 0 saturated carbocycles. The van der Waals surface area contributed by atoms with Crippen LogP contribution in [0.2, 0.25) is 0 Å². The van der Waals surface area contributed by atoms with Gasteiger partial charge in [0.05, 0.1) is 22.3 Å². The summed E-state index contributed by atoms with van der Waals surface area (Å²) in [6.45, 7) is 3.94. The molecule has 0 saturated heterocycles. The van der Waals surface area contributed by atoms with Crippen LogP contribution >= 0.6 is 11.8 Å². The second-order valence-corrected chi connectivity index (χ2v) is 6.70. The predicted octanol–water partition coefficient (Wildman–Crippen LogP) is 2.84. The molecule has 3 aromatic rings. The van der Waals surface area contributed by atoms with Crippen molar-refractivity contribution < 1.29 is 4.79 Å². The number of nitrogens with one attached hydrogen (secondary N) is 1. The number of para-hydroxylation sites is 2. The third-order valence-corrected chi connectivity index (χ3v) is 4.96. The summed E-state index contributed by atoms with van der Waals surface area (Å²) in [4.78, 5) is 29.5. The zero-order valence-corrected chi connectivity index (χ0v) is 15.2. The molecular formula is C19H19N3O2S. The standard InChI is InChI=1S/C19H19N3O2S/c1-12-7-6-8-13(2)17(12)22-18(24)14-9-4-5-10-15(14)21-19(22)25-11-16(23)20-3/h4-10H,11H2,1-3H3,(H,20,23). The highest BCUT2D eigenvalue weighted by atomic mass is 32.2. The molecule has 0 aliphatic rings. The lowest BCUT2D eigenvalue weighted by atomic mass is 10.1. The van der Waals surface area contributed by atoms with E-state index in [9.17, 15) is 9.59 Å². The molecule has 0 atom stereocenters. The lowest BCUT2D eigenvalue weighted by molar-refractivity contribution is -0.118. The highest BCUT2D eigenvalue weighted by molar-refractivity contribution is 7.99. The maximum Gasteiger partial charge on any atom is 0.266 e. The number of hydrogen-bond acceptors (Lipinski definition) is 4. The highest BCUT2D eigenvalue weighted by Crippen LogP contribution is 2.25. The number of carbonyl (C=O) groups is 1. The fraction of sp³-hybridized carbons (Fsp3) is 0.211. The second kappa shape index (κ2) is 7.11. The van der Waals surface area contributed by atoms with Crippen molar-refractivity contribution in [1.29, 1.82) is 0 Å². The van der Waals surface area contributed by atoms with Crippen molar-refractivity contribution in [1.82, 2.24) is 14.9 Å². The van der Waals surface area contributed by atoms with Crippen molar-refractivity contribution in [2.24, 2.45) is 0 Å². The van der Waals surface area contributed by atoms with Gasteiger partial charge in [-0.3, -0.25) is 14.2 Å². The van der Waals surface area contributed by atoms with E-state index >= 15 is 0 Å². The van der Waals surface area contributed by atoms with Crippen molar-refractivity contribution in [3.05, 3.63) is 63.9 Å². The van der Waals surface area contributed by atoms with Crippen LogP contribution in [0.1, 0.15) is 11.1 Å². The lowest BCUT2D eigenvalue weighted by Crippen LogP contribution is -2.25.